The quantitative estimate of drug-likeness (QED) is 0.306. The molecule has 0 N–H and O–H groups in total. The minimum absolute atomic E-state index is 0.0867. The molecule has 4 aromatic carbocycles. The molecule has 0 radical (unpaired) electrons. The summed E-state index contributed by atoms with van der Waals surface area (Å²) in [6, 6.07) is 31.9. The highest BCUT2D eigenvalue weighted by Crippen LogP contribution is 2.23. The van der Waals surface area contributed by atoms with Gasteiger partial charge in [-0.2, -0.15) is 0 Å². The smallest absolute Gasteiger partial charge is 0.261 e. The Hall–Kier alpha value is -4.38. The van der Waals surface area contributed by atoms with Crippen molar-refractivity contribution in [2.75, 3.05) is 6.61 Å². The van der Waals surface area contributed by atoms with Crippen molar-refractivity contribution in [1.29, 1.82) is 0 Å². The minimum Gasteiger partial charge on any atom is -0.484 e. The van der Waals surface area contributed by atoms with Crippen LogP contribution >= 0.6 is 0 Å². The summed E-state index contributed by atoms with van der Waals surface area (Å²) in [5.41, 5.74) is 2.96. The Morgan fingerprint density at radius 3 is 1.97 bits per heavy atom. The highest BCUT2D eigenvalue weighted by molar-refractivity contribution is 5.90. The maximum absolute atomic E-state index is 13.1. The van der Waals surface area contributed by atoms with Crippen LogP contribution in [0.4, 0.5) is 0 Å². The molecule has 0 fully saturated rings. The van der Waals surface area contributed by atoms with Gasteiger partial charge in [-0.3, -0.25) is 9.59 Å². The van der Waals surface area contributed by atoms with Crippen LogP contribution in [-0.4, -0.2) is 17.4 Å². The maximum Gasteiger partial charge on any atom is 0.261 e. The van der Waals surface area contributed by atoms with Gasteiger partial charge in [0.2, 0.25) is 5.43 Å². The summed E-state index contributed by atoms with van der Waals surface area (Å²) >= 11 is 0. The highest BCUT2D eigenvalue weighted by Gasteiger charge is 2.16. The standard InChI is InChI=1S/C29H23NO4/c31-28(30(18-21-9-3-1-4-10-21)19-22-11-5-2-6-12-22)20-33-23-15-16-25-27(17-23)34-26-14-8-7-13-24(26)29(25)32/h1-17H,18-20H2. The van der Waals surface area contributed by atoms with Gasteiger partial charge in [-0.05, 0) is 35.4 Å². The molecular formula is C29H23NO4. The van der Waals surface area contributed by atoms with Crippen molar-refractivity contribution >= 4 is 27.8 Å². The molecule has 0 spiro atoms. The van der Waals surface area contributed by atoms with E-state index >= 15 is 0 Å². The van der Waals surface area contributed by atoms with Crippen molar-refractivity contribution in [2.45, 2.75) is 13.1 Å². The molecule has 168 valence electrons. The Morgan fingerprint density at radius 1 is 0.706 bits per heavy atom. The summed E-state index contributed by atoms with van der Waals surface area (Å²) in [5, 5.41) is 1.02. The van der Waals surface area contributed by atoms with Crippen molar-refractivity contribution in [2.24, 2.45) is 0 Å². The van der Waals surface area contributed by atoms with Crippen molar-refractivity contribution in [3.8, 4) is 5.75 Å². The molecule has 1 heterocycles. The molecule has 0 aliphatic carbocycles. The maximum atomic E-state index is 13.1. The van der Waals surface area contributed by atoms with E-state index in [1.165, 1.54) is 0 Å². The van der Waals surface area contributed by atoms with Crippen LogP contribution in [0.2, 0.25) is 0 Å². The molecule has 0 saturated carbocycles. The molecule has 34 heavy (non-hydrogen) atoms. The van der Waals surface area contributed by atoms with E-state index in [2.05, 4.69) is 0 Å². The first kappa shape index (κ1) is 21.5. The lowest BCUT2D eigenvalue weighted by Crippen LogP contribution is -2.34. The summed E-state index contributed by atoms with van der Waals surface area (Å²) in [6.07, 6.45) is 0. The summed E-state index contributed by atoms with van der Waals surface area (Å²) in [4.78, 5) is 27.7. The minimum atomic E-state index is -0.132. The largest absolute Gasteiger partial charge is 0.484 e. The normalized spacial score (nSPS) is 10.9. The molecule has 1 amide bonds. The Bertz CT molecular complexity index is 1450. The van der Waals surface area contributed by atoms with Gasteiger partial charge in [0, 0.05) is 19.2 Å². The first-order valence-corrected chi connectivity index (χ1v) is 11.1. The summed E-state index contributed by atoms with van der Waals surface area (Å²) in [6.45, 7) is 0.843. The van der Waals surface area contributed by atoms with Gasteiger partial charge in [-0.25, -0.2) is 0 Å². The van der Waals surface area contributed by atoms with Gasteiger partial charge < -0.3 is 14.1 Å². The molecule has 0 unspecified atom stereocenters. The monoisotopic (exact) mass is 449 g/mol. The number of benzene rings is 4. The Kier molecular flexibility index (Phi) is 6.08. The second kappa shape index (κ2) is 9.63. The molecule has 0 atom stereocenters. The molecule has 5 aromatic rings. The number of carbonyl (C=O) groups is 1. The Balaban J connectivity index is 1.35. The zero-order chi connectivity index (χ0) is 23.3. The Morgan fingerprint density at radius 2 is 1.29 bits per heavy atom. The lowest BCUT2D eigenvalue weighted by Gasteiger charge is -2.23. The van der Waals surface area contributed by atoms with Crippen molar-refractivity contribution in [3.05, 3.63) is 124 Å². The first-order chi connectivity index (χ1) is 16.7. The fourth-order valence-corrected chi connectivity index (χ4v) is 3.95. The van der Waals surface area contributed by atoms with Crippen LogP contribution in [0.1, 0.15) is 11.1 Å². The molecule has 5 rings (SSSR count). The van der Waals surface area contributed by atoms with E-state index in [0.717, 1.165) is 11.1 Å². The average Bonchev–Trinajstić information content (AvgIpc) is 2.88. The number of para-hydroxylation sites is 1. The van der Waals surface area contributed by atoms with E-state index in [-0.39, 0.29) is 17.9 Å². The van der Waals surface area contributed by atoms with Crippen LogP contribution in [-0.2, 0) is 17.9 Å². The molecule has 0 aliphatic heterocycles. The van der Waals surface area contributed by atoms with Crippen LogP contribution < -0.4 is 10.2 Å². The van der Waals surface area contributed by atoms with E-state index in [1.807, 2.05) is 72.8 Å². The number of fused-ring (bicyclic) bond motifs is 2. The summed E-state index contributed by atoms with van der Waals surface area (Å²) in [7, 11) is 0. The van der Waals surface area contributed by atoms with Gasteiger partial charge in [0.25, 0.3) is 5.91 Å². The third-order valence-corrected chi connectivity index (χ3v) is 5.70. The highest BCUT2D eigenvalue weighted by atomic mass is 16.5. The van der Waals surface area contributed by atoms with Gasteiger partial charge in [-0.1, -0.05) is 72.8 Å². The van der Waals surface area contributed by atoms with Crippen LogP contribution in [0.25, 0.3) is 21.9 Å². The fourth-order valence-electron chi connectivity index (χ4n) is 3.95. The molecule has 0 saturated heterocycles. The van der Waals surface area contributed by atoms with Gasteiger partial charge in [0.15, 0.2) is 6.61 Å². The van der Waals surface area contributed by atoms with Crippen LogP contribution in [0, 0.1) is 0 Å². The zero-order valence-corrected chi connectivity index (χ0v) is 18.5. The number of hydrogen-bond donors (Lipinski definition) is 0. The second-order valence-electron chi connectivity index (χ2n) is 8.09. The van der Waals surface area contributed by atoms with Crippen molar-refractivity contribution in [3.63, 3.8) is 0 Å². The zero-order valence-electron chi connectivity index (χ0n) is 18.5. The van der Waals surface area contributed by atoms with Gasteiger partial charge in [0.1, 0.15) is 16.9 Å². The van der Waals surface area contributed by atoms with E-state index in [0.29, 0.717) is 40.8 Å². The lowest BCUT2D eigenvalue weighted by molar-refractivity contribution is -0.134. The predicted octanol–water partition coefficient (Wildman–Crippen LogP) is 5.55. The number of carbonyl (C=O) groups excluding carboxylic acids is 1. The lowest BCUT2D eigenvalue weighted by atomic mass is 10.1. The topological polar surface area (TPSA) is 59.8 Å². The van der Waals surface area contributed by atoms with E-state index in [1.54, 1.807) is 35.2 Å². The average molecular weight is 450 g/mol. The third kappa shape index (κ3) is 4.69. The molecule has 1 aromatic heterocycles. The SMILES string of the molecule is O=C(COc1ccc2c(=O)c3ccccc3oc2c1)N(Cc1ccccc1)Cc1ccccc1. The van der Waals surface area contributed by atoms with Crippen molar-refractivity contribution < 1.29 is 13.9 Å². The number of rotatable bonds is 7. The summed E-state index contributed by atoms with van der Waals surface area (Å²) in [5.74, 6) is 0.339. The second-order valence-corrected chi connectivity index (χ2v) is 8.09. The molecule has 0 aliphatic rings. The van der Waals surface area contributed by atoms with Gasteiger partial charge in [-0.15, -0.1) is 0 Å². The van der Waals surface area contributed by atoms with Crippen LogP contribution in [0.5, 0.6) is 5.75 Å². The van der Waals surface area contributed by atoms with Gasteiger partial charge >= 0.3 is 0 Å². The van der Waals surface area contributed by atoms with Crippen molar-refractivity contribution in [1.82, 2.24) is 4.90 Å². The van der Waals surface area contributed by atoms with Gasteiger partial charge in [0.05, 0.1) is 10.8 Å². The van der Waals surface area contributed by atoms with E-state index in [4.69, 9.17) is 9.15 Å². The fraction of sp³-hybridized carbons (Fsp3) is 0.103. The number of ether oxygens (including phenoxy) is 1. The number of amides is 1. The molecular weight excluding hydrogens is 426 g/mol. The van der Waals surface area contributed by atoms with E-state index < -0.39 is 0 Å². The molecule has 5 nitrogen and oxygen atoms in total. The first-order valence-electron chi connectivity index (χ1n) is 11.1. The predicted molar refractivity (Wildman–Crippen MR) is 133 cm³/mol. The molecule has 5 heteroatoms. The third-order valence-electron chi connectivity index (χ3n) is 5.70. The van der Waals surface area contributed by atoms with Crippen LogP contribution in [0.15, 0.2) is 112 Å². The molecule has 0 bridgehead atoms. The number of hydrogen-bond acceptors (Lipinski definition) is 4. The number of nitrogens with zero attached hydrogens (tertiary/aromatic N) is 1. The Labute approximate surface area is 196 Å². The summed E-state index contributed by atoms with van der Waals surface area (Å²) < 4.78 is 11.7. The van der Waals surface area contributed by atoms with E-state index in [9.17, 15) is 9.59 Å². The van der Waals surface area contributed by atoms with Crippen LogP contribution in [0.3, 0.4) is 0 Å².